The average molecular weight is 253 g/mol. The summed E-state index contributed by atoms with van der Waals surface area (Å²) < 4.78 is 9.65. The number of nitrogen functional groups attached to an aromatic ring is 1. The van der Waals surface area contributed by atoms with E-state index >= 15 is 0 Å². The number of methoxy groups -OCH3 is 2. The SMILES string of the molecule is COCCCN(C)c1nccc(C(=O)OC)c1N. The Balaban J connectivity index is 2.85. The Morgan fingerprint density at radius 2 is 2.22 bits per heavy atom. The molecule has 0 amide bonds. The standard InChI is InChI=1S/C12H19N3O3/c1-15(7-4-8-17-2)11-10(13)9(5-6-14-11)12(16)18-3/h5-6H,4,7-8,13H2,1-3H3. The molecule has 100 valence electrons. The molecule has 1 aromatic rings. The van der Waals surface area contributed by atoms with Gasteiger partial charge >= 0.3 is 5.97 Å². The number of carbonyl (C=O) groups is 1. The van der Waals surface area contributed by atoms with Gasteiger partial charge in [-0.3, -0.25) is 0 Å². The maximum atomic E-state index is 11.5. The van der Waals surface area contributed by atoms with Crippen molar-refractivity contribution in [1.82, 2.24) is 4.98 Å². The van der Waals surface area contributed by atoms with E-state index in [1.807, 2.05) is 11.9 Å². The van der Waals surface area contributed by atoms with Crippen molar-refractivity contribution in [2.75, 3.05) is 45.1 Å². The van der Waals surface area contributed by atoms with E-state index in [1.165, 1.54) is 7.11 Å². The zero-order valence-electron chi connectivity index (χ0n) is 11.0. The summed E-state index contributed by atoms with van der Waals surface area (Å²) in [6, 6.07) is 1.55. The molecule has 0 saturated carbocycles. The molecule has 0 aliphatic carbocycles. The van der Waals surface area contributed by atoms with Crippen LogP contribution in [0.3, 0.4) is 0 Å². The minimum Gasteiger partial charge on any atom is -0.465 e. The monoisotopic (exact) mass is 253 g/mol. The maximum absolute atomic E-state index is 11.5. The van der Waals surface area contributed by atoms with Gasteiger partial charge < -0.3 is 20.1 Å². The molecule has 0 aromatic carbocycles. The summed E-state index contributed by atoms with van der Waals surface area (Å²) in [4.78, 5) is 17.6. The first-order valence-corrected chi connectivity index (χ1v) is 5.64. The van der Waals surface area contributed by atoms with Gasteiger partial charge in [0.1, 0.15) is 0 Å². The van der Waals surface area contributed by atoms with Crippen molar-refractivity contribution in [2.24, 2.45) is 0 Å². The fourth-order valence-electron chi connectivity index (χ4n) is 1.61. The Bertz CT molecular complexity index is 410. The Morgan fingerprint density at radius 1 is 1.50 bits per heavy atom. The number of hydrogen-bond acceptors (Lipinski definition) is 6. The van der Waals surface area contributed by atoms with Gasteiger partial charge in [-0.15, -0.1) is 0 Å². The highest BCUT2D eigenvalue weighted by molar-refractivity contribution is 5.97. The fraction of sp³-hybridized carbons (Fsp3) is 0.500. The number of nitrogens with zero attached hydrogens (tertiary/aromatic N) is 2. The van der Waals surface area contributed by atoms with Crippen LogP contribution in [0.25, 0.3) is 0 Å². The minimum atomic E-state index is -0.457. The molecule has 1 heterocycles. The molecule has 0 unspecified atom stereocenters. The molecule has 6 heteroatoms. The average Bonchev–Trinajstić information content (AvgIpc) is 2.38. The van der Waals surface area contributed by atoms with E-state index in [0.717, 1.165) is 13.0 Å². The quantitative estimate of drug-likeness (QED) is 0.600. The van der Waals surface area contributed by atoms with E-state index in [-0.39, 0.29) is 0 Å². The Labute approximate surface area is 107 Å². The van der Waals surface area contributed by atoms with Crippen molar-refractivity contribution < 1.29 is 14.3 Å². The molecule has 0 aliphatic rings. The summed E-state index contributed by atoms with van der Waals surface area (Å²) in [5.41, 5.74) is 6.60. The third kappa shape index (κ3) is 3.33. The number of aromatic nitrogens is 1. The summed E-state index contributed by atoms with van der Waals surface area (Å²) in [6.07, 6.45) is 2.40. The summed E-state index contributed by atoms with van der Waals surface area (Å²) in [7, 11) is 4.85. The number of hydrogen-bond donors (Lipinski definition) is 1. The highest BCUT2D eigenvalue weighted by Gasteiger charge is 2.15. The van der Waals surface area contributed by atoms with Gasteiger partial charge in [0, 0.05) is 33.5 Å². The van der Waals surface area contributed by atoms with Crippen LogP contribution < -0.4 is 10.6 Å². The van der Waals surface area contributed by atoms with Crippen molar-refractivity contribution in [3.05, 3.63) is 17.8 Å². The van der Waals surface area contributed by atoms with Gasteiger partial charge in [-0.05, 0) is 12.5 Å². The van der Waals surface area contributed by atoms with Gasteiger partial charge in [-0.25, -0.2) is 9.78 Å². The van der Waals surface area contributed by atoms with Crippen LogP contribution in [0.15, 0.2) is 12.3 Å². The van der Waals surface area contributed by atoms with E-state index in [4.69, 9.17) is 10.5 Å². The highest BCUT2D eigenvalue weighted by atomic mass is 16.5. The molecule has 0 saturated heterocycles. The van der Waals surface area contributed by atoms with E-state index in [9.17, 15) is 4.79 Å². The highest BCUT2D eigenvalue weighted by Crippen LogP contribution is 2.23. The molecular weight excluding hydrogens is 234 g/mol. The van der Waals surface area contributed by atoms with Gasteiger partial charge in [0.15, 0.2) is 5.82 Å². The first-order chi connectivity index (χ1) is 8.61. The first-order valence-electron chi connectivity index (χ1n) is 5.64. The molecule has 18 heavy (non-hydrogen) atoms. The second-order valence-electron chi connectivity index (χ2n) is 3.86. The number of rotatable bonds is 6. The minimum absolute atomic E-state index is 0.334. The van der Waals surface area contributed by atoms with Crippen LogP contribution in [0, 0.1) is 0 Å². The summed E-state index contributed by atoms with van der Waals surface area (Å²) in [5, 5.41) is 0. The Kier molecular flexibility index (Phi) is 5.38. The van der Waals surface area contributed by atoms with Crippen LogP contribution in [0.4, 0.5) is 11.5 Å². The first kappa shape index (κ1) is 14.2. The molecule has 0 atom stereocenters. The number of ether oxygens (including phenoxy) is 2. The van der Waals surface area contributed by atoms with E-state index < -0.39 is 5.97 Å². The van der Waals surface area contributed by atoms with Crippen molar-refractivity contribution in [3.8, 4) is 0 Å². The van der Waals surface area contributed by atoms with Crippen LogP contribution in [0.2, 0.25) is 0 Å². The van der Waals surface area contributed by atoms with Crippen LogP contribution in [0.5, 0.6) is 0 Å². The molecule has 6 nitrogen and oxygen atoms in total. The third-order valence-electron chi connectivity index (χ3n) is 2.58. The molecule has 0 aliphatic heterocycles. The number of esters is 1. The number of pyridine rings is 1. The molecule has 0 spiro atoms. The molecule has 1 aromatic heterocycles. The Morgan fingerprint density at radius 3 is 2.83 bits per heavy atom. The lowest BCUT2D eigenvalue weighted by Gasteiger charge is -2.20. The lowest BCUT2D eigenvalue weighted by Crippen LogP contribution is -2.23. The lowest BCUT2D eigenvalue weighted by atomic mass is 10.2. The van der Waals surface area contributed by atoms with Gasteiger partial charge in [0.05, 0.1) is 18.4 Å². The molecule has 2 N–H and O–H groups in total. The van der Waals surface area contributed by atoms with Crippen LogP contribution in [-0.2, 0) is 9.47 Å². The maximum Gasteiger partial charge on any atom is 0.340 e. The number of carbonyl (C=O) groups excluding carboxylic acids is 1. The predicted octanol–water partition coefficient (Wildman–Crippen LogP) is 0.923. The summed E-state index contributed by atoms with van der Waals surface area (Å²) in [6.45, 7) is 1.41. The third-order valence-corrected chi connectivity index (χ3v) is 2.58. The molecular formula is C12H19N3O3. The zero-order chi connectivity index (χ0) is 13.5. The van der Waals surface area contributed by atoms with E-state index in [2.05, 4.69) is 9.72 Å². The summed E-state index contributed by atoms with van der Waals surface area (Å²) in [5.74, 6) is 0.121. The molecule has 0 bridgehead atoms. The van der Waals surface area contributed by atoms with Gasteiger partial charge in [0.25, 0.3) is 0 Å². The van der Waals surface area contributed by atoms with Gasteiger partial charge in [-0.2, -0.15) is 0 Å². The lowest BCUT2D eigenvalue weighted by molar-refractivity contribution is 0.0602. The molecule has 1 rings (SSSR count). The zero-order valence-corrected chi connectivity index (χ0v) is 11.0. The molecule has 0 radical (unpaired) electrons. The van der Waals surface area contributed by atoms with Crippen LogP contribution >= 0.6 is 0 Å². The fourth-order valence-corrected chi connectivity index (χ4v) is 1.61. The topological polar surface area (TPSA) is 77.7 Å². The smallest absolute Gasteiger partial charge is 0.340 e. The van der Waals surface area contributed by atoms with Crippen molar-refractivity contribution in [1.29, 1.82) is 0 Å². The largest absolute Gasteiger partial charge is 0.465 e. The predicted molar refractivity (Wildman–Crippen MR) is 69.8 cm³/mol. The Hall–Kier alpha value is -1.82. The number of anilines is 2. The van der Waals surface area contributed by atoms with Crippen molar-refractivity contribution in [2.45, 2.75) is 6.42 Å². The van der Waals surface area contributed by atoms with Gasteiger partial charge in [-0.1, -0.05) is 0 Å². The number of nitrogens with two attached hydrogens (primary N) is 1. The van der Waals surface area contributed by atoms with E-state index in [1.54, 1.807) is 19.4 Å². The van der Waals surface area contributed by atoms with Crippen molar-refractivity contribution >= 4 is 17.5 Å². The second-order valence-corrected chi connectivity index (χ2v) is 3.86. The second kappa shape index (κ2) is 6.80. The molecule has 0 fully saturated rings. The van der Waals surface area contributed by atoms with Crippen LogP contribution in [0.1, 0.15) is 16.8 Å². The summed E-state index contributed by atoms with van der Waals surface area (Å²) >= 11 is 0. The normalized spacial score (nSPS) is 10.2. The van der Waals surface area contributed by atoms with E-state index in [0.29, 0.717) is 23.7 Å². The van der Waals surface area contributed by atoms with Crippen LogP contribution in [-0.4, -0.2) is 45.4 Å². The van der Waals surface area contributed by atoms with Gasteiger partial charge in [0.2, 0.25) is 0 Å². The van der Waals surface area contributed by atoms with Crippen molar-refractivity contribution in [3.63, 3.8) is 0 Å².